The van der Waals surface area contributed by atoms with Crippen molar-refractivity contribution in [3.63, 3.8) is 0 Å². The van der Waals surface area contributed by atoms with Gasteiger partial charge in [0.05, 0.1) is 28.0 Å². The van der Waals surface area contributed by atoms with Gasteiger partial charge in [0.2, 0.25) is 5.95 Å². The molecular weight excluding hydrogens is 359 g/mol. The van der Waals surface area contributed by atoms with Gasteiger partial charge < -0.3 is 15.4 Å². The summed E-state index contributed by atoms with van der Waals surface area (Å²) < 4.78 is 5.61. The van der Waals surface area contributed by atoms with Crippen molar-refractivity contribution in [1.29, 1.82) is 0 Å². The van der Waals surface area contributed by atoms with E-state index in [1.54, 1.807) is 24.4 Å². The van der Waals surface area contributed by atoms with Crippen molar-refractivity contribution in [1.82, 2.24) is 9.97 Å². The largest absolute Gasteiger partial charge is 0.492 e. The highest BCUT2D eigenvalue weighted by Gasteiger charge is 2.08. The lowest BCUT2D eigenvalue weighted by molar-refractivity contribution is 0.342. The van der Waals surface area contributed by atoms with E-state index >= 15 is 0 Å². The number of nitrogens with zero attached hydrogens (tertiary/aromatic N) is 2. The highest BCUT2D eigenvalue weighted by atomic mass is 35.5. The number of halogens is 2. The Morgan fingerprint density at radius 3 is 2.60 bits per heavy atom. The molecule has 0 aliphatic heterocycles. The third kappa shape index (κ3) is 4.32. The molecule has 1 aromatic heterocycles. The fourth-order valence-corrected chi connectivity index (χ4v) is 2.55. The number of ether oxygens (including phenoxy) is 1. The number of rotatable bonds is 6. The first-order valence-electron chi connectivity index (χ1n) is 7.70. The SMILES string of the molecule is CCOc1ccccc1Nc1ccnc(Nc2cccc(Cl)c2Cl)n1. The maximum atomic E-state index is 6.19. The second kappa shape index (κ2) is 8.05. The van der Waals surface area contributed by atoms with Gasteiger partial charge in [0.1, 0.15) is 11.6 Å². The van der Waals surface area contributed by atoms with E-state index in [4.69, 9.17) is 27.9 Å². The lowest BCUT2D eigenvalue weighted by Gasteiger charge is -2.12. The molecular formula is C18H16Cl2N4O. The number of nitrogens with one attached hydrogen (secondary N) is 2. The Labute approximate surface area is 156 Å². The van der Waals surface area contributed by atoms with Crippen molar-refractivity contribution in [3.8, 4) is 5.75 Å². The summed E-state index contributed by atoms with van der Waals surface area (Å²) in [7, 11) is 0. The monoisotopic (exact) mass is 374 g/mol. The Morgan fingerprint density at radius 2 is 1.76 bits per heavy atom. The number of anilines is 4. The highest BCUT2D eigenvalue weighted by Crippen LogP contribution is 2.31. The molecule has 0 spiro atoms. The fourth-order valence-electron chi connectivity index (χ4n) is 2.20. The van der Waals surface area contributed by atoms with Crippen molar-refractivity contribution < 1.29 is 4.74 Å². The van der Waals surface area contributed by atoms with E-state index in [2.05, 4.69) is 20.6 Å². The summed E-state index contributed by atoms with van der Waals surface area (Å²) in [5.74, 6) is 1.79. The smallest absolute Gasteiger partial charge is 0.229 e. The van der Waals surface area contributed by atoms with Crippen LogP contribution in [0, 0.1) is 0 Å². The van der Waals surface area contributed by atoms with Crippen LogP contribution in [0.25, 0.3) is 0 Å². The Bertz CT molecular complexity index is 873. The van der Waals surface area contributed by atoms with Gasteiger partial charge in [-0.1, -0.05) is 41.4 Å². The minimum atomic E-state index is 0.406. The number of hydrogen-bond donors (Lipinski definition) is 2. The third-order valence-corrected chi connectivity index (χ3v) is 4.12. The van der Waals surface area contributed by atoms with Crippen molar-refractivity contribution in [3.05, 3.63) is 64.8 Å². The van der Waals surface area contributed by atoms with E-state index in [1.807, 2.05) is 37.3 Å². The molecule has 128 valence electrons. The molecule has 0 aliphatic carbocycles. The van der Waals surface area contributed by atoms with Gasteiger partial charge in [-0.3, -0.25) is 0 Å². The molecule has 0 amide bonds. The molecule has 0 fully saturated rings. The van der Waals surface area contributed by atoms with E-state index < -0.39 is 0 Å². The Morgan fingerprint density at radius 1 is 0.960 bits per heavy atom. The second-order valence-corrected chi connectivity index (χ2v) is 5.83. The van der Waals surface area contributed by atoms with Crippen molar-refractivity contribution in [2.45, 2.75) is 6.92 Å². The molecule has 0 unspecified atom stereocenters. The summed E-state index contributed by atoms with van der Waals surface area (Å²) in [4.78, 5) is 8.66. The van der Waals surface area contributed by atoms with E-state index in [9.17, 15) is 0 Å². The maximum absolute atomic E-state index is 6.19. The van der Waals surface area contributed by atoms with Gasteiger partial charge >= 0.3 is 0 Å². The number of benzene rings is 2. The Balaban J connectivity index is 1.81. The zero-order valence-corrected chi connectivity index (χ0v) is 15.0. The molecule has 25 heavy (non-hydrogen) atoms. The molecule has 3 aromatic rings. The number of hydrogen-bond acceptors (Lipinski definition) is 5. The first kappa shape index (κ1) is 17.3. The van der Waals surface area contributed by atoms with Crippen LogP contribution in [-0.4, -0.2) is 16.6 Å². The van der Waals surface area contributed by atoms with Gasteiger partial charge in [-0.15, -0.1) is 0 Å². The summed E-state index contributed by atoms with van der Waals surface area (Å²) >= 11 is 12.2. The average Bonchev–Trinajstić information content (AvgIpc) is 2.61. The van der Waals surface area contributed by atoms with Crippen LogP contribution in [0.2, 0.25) is 10.0 Å². The molecule has 0 aliphatic rings. The predicted octanol–water partition coefficient (Wildman–Crippen LogP) is 5.67. The second-order valence-electron chi connectivity index (χ2n) is 5.05. The first-order valence-corrected chi connectivity index (χ1v) is 8.46. The van der Waals surface area contributed by atoms with Gasteiger partial charge in [-0.05, 0) is 37.3 Å². The molecule has 2 N–H and O–H groups in total. The zero-order chi connectivity index (χ0) is 17.6. The van der Waals surface area contributed by atoms with Crippen LogP contribution in [0.5, 0.6) is 5.75 Å². The number of aromatic nitrogens is 2. The molecule has 0 saturated heterocycles. The molecule has 0 radical (unpaired) electrons. The summed E-state index contributed by atoms with van der Waals surface area (Å²) in [6, 6.07) is 14.8. The lowest BCUT2D eigenvalue weighted by atomic mass is 10.3. The van der Waals surface area contributed by atoms with Crippen LogP contribution in [-0.2, 0) is 0 Å². The molecule has 3 rings (SSSR count). The Hall–Kier alpha value is -2.50. The van der Waals surface area contributed by atoms with Crippen molar-refractivity contribution in [2.75, 3.05) is 17.2 Å². The minimum absolute atomic E-state index is 0.406. The van der Waals surface area contributed by atoms with Crippen LogP contribution in [0.3, 0.4) is 0 Å². The molecule has 0 bridgehead atoms. The lowest BCUT2D eigenvalue weighted by Crippen LogP contribution is -2.02. The van der Waals surface area contributed by atoms with E-state index in [0.29, 0.717) is 34.1 Å². The van der Waals surface area contributed by atoms with Gasteiger partial charge in [0.25, 0.3) is 0 Å². The van der Waals surface area contributed by atoms with Crippen LogP contribution in [0.15, 0.2) is 54.7 Å². The molecule has 0 saturated carbocycles. The van der Waals surface area contributed by atoms with Crippen molar-refractivity contribution in [2.24, 2.45) is 0 Å². The third-order valence-electron chi connectivity index (χ3n) is 3.30. The van der Waals surface area contributed by atoms with E-state index in [-0.39, 0.29) is 0 Å². The van der Waals surface area contributed by atoms with Crippen LogP contribution < -0.4 is 15.4 Å². The predicted molar refractivity (Wildman–Crippen MR) is 103 cm³/mol. The molecule has 1 heterocycles. The summed E-state index contributed by atoms with van der Waals surface area (Å²) in [5.41, 5.74) is 1.47. The molecule has 5 nitrogen and oxygen atoms in total. The standard InChI is InChI=1S/C18H16Cl2N4O/c1-2-25-15-9-4-3-7-13(15)22-16-10-11-21-18(24-16)23-14-8-5-6-12(19)17(14)20/h3-11H,2H2,1H3,(H2,21,22,23,24). The van der Waals surface area contributed by atoms with Crippen molar-refractivity contribution >= 4 is 46.3 Å². The van der Waals surface area contributed by atoms with Gasteiger partial charge in [-0.25, -0.2) is 4.98 Å². The topological polar surface area (TPSA) is 59.1 Å². The van der Waals surface area contributed by atoms with E-state index in [1.165, 1.54) is 0 Å². The van der Waals surface area contributed by atoms with Crippen LogP contribution in [0.1, 0.15) is 6.92 Å². The van der Waals surface area contributed by atoms with Crippen LogP contribution >= 0.6 is 23.2 Å². The van der Waals surface area contributed by atoms with Crippen LogP contribution in [0.4, 0.5) is 23.1 Å². The summed E-state index contributed by atoms with van der Waals surface area (Å²) in [6.07, 6.45) is 1.65. The molecule has 2 aromatic carbocycles. The average molecular weight is 375 g/mol. The fraction of sp³-hybridized carbons (Fsp3) is 0.111. The van der Waals surface area contributed by atoms with Gasteiger partial charge in [-0.2, -0.15) is 4.98 Å². The first-order chi connectivity index (χ1) is 12.2. The quantitative estimate of drug-likeness (QED) is 0.581. The normalized spacial score (nSPS) is 10.4. The molecule has 7 heteroatoms. The summed E-state index contributed by atoms with van der Waals surface area (Å²) in [5, 5.41) is 7.19. The highest BCUT2D eigenvalue weighted by molar-refractivity contribution is 6.43. The minimum Gasteiger partial charge on any atom is -0.492 e. The Kier molecular flexibility index (Phi) is 5.58. The van der Waals surface area contributed by atoms with Gasteiger partial charge in [0, 0.05) is 6.20 Å². The van der Waals surface area contributed by atoms with Gasteiger partial charge in [0.15, 0.2) is 0 Å². The zero-order valence-electron chi connectivity index (χ0n) is 13.5. The van der Waals surface area contributed by atoms with E-state index in [0.717, 1.165) is 11.4 Å². The summed E-state index contributed by atoms with van der Waals surface area (Å²) in [6.45, 7) is 2.53. The molecule has 0 atom stereocenters. The number of para-hydroxylation sites is 2. The maximum Gasteiger partial charge on any atom is 0.229 e.